The summed E-state index contributed by atoms with van der Waals surface area (Å²) in [5.41, 5.74) is 4.33. The minimum Gasteiger partial charge on any atom is -0.380 e. The summed E-state index contributed by atoms with van der Waals surface area (Å²) < 4.78 is 5.05. The van der Waals surface area contributed by atoms with Gasteiger partial charge >= 0.3 is 0 Å². The lowest BCUT2D eigenvalue weighted by molar-refractivity contribution is 0.102. The maximum atomic E-state index is 12.1. The van der Waals surface area contributed by atoms with Crippen LogP contribution in [0.25, 0.3) is 0 Å². The fourth-order valence-electron chi connectivity index (χ4n) is 1.78. The number of anilines is 2. The van der Waals surface area contributed by atoms with Gasteiger partial charge in [0.1, 0.15) is 0 Å². The Morgan fingerprint density at radius 3 is 2.90 bits per heavy atom. The molecular formula is C14H15ClN4O2. The van der Waals surface area contributed by atoms with Crippen molar-refractivity contribution in [2.75, 3.05) is 17.9 Å². The first-order valence-corrected chi connectivity index (χ1v) is 6.53. The fourth-order valence-corrected chi connectivity index (χ4v) is 2.00. The summed E-state index contributed by atoms with van der Waals surface area (Å²) in [6.07, 6.45) is 1.40. The Labute approximate surface area is 127 Å². The molecule has 0 unspecified atom stereocenters. The maximum Gasteiger partial charge on any atom is 0.257 e. The number of ether oxygens (including phenoxy) is 1. The molecule has 21 heavy (non-hydrogen) atoms. The minimum atomic E-state index is -0.303. The first kappa shape index (κ1) is 15.2. The van der Waals surface area contributed by atoms with E-state index in [0.717, 1.165) is 5.56 Å². The molecule has 1 aromatic heterocycles. The molecule has 0 fully saturated rings. The molecule has 6 nitrogen and oxygen atoms in total. The van der Waals surface area contributed by atoms with Crippen LogP contribution in [0, 0.1) is 0 Å². The Morgan fingerprint density at radius 1 is 1.43 bits per heavy atom. The molecule has 0 spiro atoms. The summed E-state index contributed by atoms with van der Waals surface area (Å²) in [5.74, 6) is 5.25. The van der Waals surface area contributed by atoms with Crippen molar-refractivity contribution in [1.82, 2.24) is 4.98 Å². The van der Waals surface area contributed by atoms with Crippen LogP contribution < -0.4 is 16.6 Å². The lowest BCUT2D eigenvalue weighted by atomic mass is 10.2. The molecule has 0 atom stereocenters. The van der Waals surface area contributed by atoms with E-state index < -0.39 is 0 Å². The average molecular weight is 307 g/mol. The number of carbonyl (C=O) groups excluding carboxylic acids is 1. The van der Waals surface area contributed by atoms with Gasteiger partial charge in [-0.1, -0.05) is 23.7 Å². The number of carbonyl (C=O) groups is 1. The molecule has 0 saturated carbocycles. The van der Waals surface area contributed by atoms with Gasteiger partial charge in [0.05, 0.1) is 17.2 Å². The molecule has 110 valence electrons. The van der Waals surface area contributed by atoms with Crippen LogP contribution in [0.5, 0.6) is 0 Å². The van der Waals surface area contributed by atoms with Gasteiger partial charge < -0.3 is 15.5 Å². The van der Waals surface area contributed by atoms with Crippen molar-refractivity contribution in [3.8, 4) is 0 Å². The van der Waals surface area contributed by atoms with Crippen molar-refractivity contribution in [3.63, 3.8) is 0 Å². The first-order valence-electron chi connectivity index (χ1n) is 6.15. The summed E-state index contributed by atoms with van der Waals surface area (Å²) in [4.78, 5) is 16.1. The van der Waals surface area contributed by atoms with E-state index >= 15 is 0 Å². The monoisotopic (exact) mass is 306 g/mol. The van der Waals surface area contributed by atoms with Crippen LogP contribution in [0.4, 0.5) is 11.5 Å². The highest BCUT2D eigenvalue weighted by Gasteiger charge is 2.10. The first-order chi connectivity index (χ1) is 10.1. The molecule has 2 rings (SSSR count). The van der Waals surface area contributed by atoms with Crippen LogP contribution >= 0.6 is 11.6 Å². The van der Waals surface area contributed by atoms with Crippen molar-refractivity contribution in [3.05, 3.63) is 52.7 Å². The number of amides is 1. The van der Waals surface area contributed by atoms with Gasteiger partial charge in [-0.15, -0.1) is 0 Å². The molecular weight excluding hydrogens is 292 g/mol. The van der Waals surface area contributed by atoms with Crippen molar-refractivity contribution in [2.45, 2.75) is 6.61 Å². The Balaban J connectivity index is 2.14. The molecule has 1 aromatic carbocycles. The number of nitrogens with one attached hydrogen (secondary N) is 2. The normalized spacial score (nSPS) is 10.2. The predicted molar refractivity (Wildman–Crippen MR) is 82.2 cm³/mol. The molecule has 0 aliphatic carbocycles. The summed E-state index contributed by atoms with van der Waals surface area (Å²) in [7, 11) is 1.62. The second kappa shape index (κ2) is 7.03. The van der Waals surface area contributed by atoms with Crippen LogP contribution in [-0.4, -0.2) is 18.0 Å². The third-order valence-corrected chi connectivity index (χ3v) is 3.02. The largest absolute Gasteiger partial charge is 0.380 e. The molecule has 2 aromatic rings. The number of nitrogens with zero attached hydrogens (tertiary/aromatic N) is 1. The zero-order valence-electron chi connectivity index (χ0n) is 11.4. The molecule has 0 radical (unpaired) electrons. The molecule has 4 N–H and O–H groups in total. The summed E-state index contributed by atoms with van der Waals surface area (Å²) >= 11 is 5.94. The van der Waals surface area contributed by atoms with Crippen LogP contribution in [0.3, 0.4) is 0 Å². The molecule has 7 heteroatoms. The number of rotatable bonds is 5. The molecule has 0 bridgehead atoms. The van der Waals surface area contributed by atoms with Crippen LogP contribution in [-0.2, 0) is 11.3 Å². The number of methoxy groups -OCH3 is 1. The number of benzene rings is 1. The zero-order chi connectivity index (χ0) is 15.2. The van der Waals surface area contributed by atoms with E-state index in [0.29, 0.717) is 23.7 Å². The molecule has 1 heterocycles. The summed E-state index contributed by atoms with van der Waals surface area (Å²) in [5, 5.41) is 3.05. The van der Waals surface area contributed by atoms with Crippen molar-refractivity contribution < 1.29 is 9.53 Å². The quantitative estimate of drug-likeness (QED) is 0.583. The van der Waals surface area contributed by atoms with Gasteiger partial charge in [0.15, 0.2) is 5.82 Å². The third kappa shape index (κ3) is 3.91. The Bertz CT molecular complexity index is 649. The van der Waals surface area contributed by atoms with Gasteiger partial charge in [-0.2, -0.15) is 0 Å². The second-order valence-corrected chi connectivity index (χ2v) is 4.69. The lowest BCUT2D eigenvalue weighted by Gasteiger charge is -2.08. The van der Waals surface area contributed by atoms with E-state index in [4.69, 9.17) is 22.2 Å². The van der Waals surface area contributed by atoms with E-state index in [-0.39, 0.29) is 10.9 Å². The van der Waals surface area contributed by atoms with Crippen molar-refractivity contribution >= 4 is 29.0 Å². The van der Waals surface area contributed by atoms with Crippen LogP contribution in [0.15, 0.2) is 36.5 Å². The van der Waals surface area contributed by atoms with Gasteiger partial charge in [-0.05, 0) is 23.8 Å². The van der Waals surface area contributed by atoms with E-state index in [1.807, 2.05) is 18.2 Å². The summed E-state index contributed by atoms with van der Waals surface area (Å²) in [6, 6.07) is 8.89. The number of hydrogen-bond donors (Lipinski definition) is 3. The van der Waals surface area contributed by atoms with E-state index in [1.165, 1.54) is 12.3 Å². The van der Waals surface area contributed by atoms with E-state index in [9.17, 15) is 4.79 Å². The second-order valence-electron chi connectivity index (χ2n) is 4.29. The number of aromatic nitrogens is 1. The van der Waals surface area contributed by atoms with Gasteiger partial charge in [-0.3, -0.25) is 4.79 Å². The highest BCUT2D eigenvalue weighted by Crippen LogP contribution is 2.20. The topological polar surface area (TPSA) is 89.3 Å². The standard InChI is InChI=1S/C14H15ClN4O2/c1-21-8-9-3-2-4-11(5-9)18-14(20)10-6-12(15)13(19-16)17-7-10/h2-7H,8,16H2,1H3,(H,17,19)(H,18,20). The number of nitrogens with two attached hydrogens (primary N) is 1. The predicted octanol–water partition coefficient (Wildman–Crippen LogP) is 2.42. The van der Waals surface area contributed by atoms with Crippen molar-refractivity contribution in [1.29, 1.82) is 0 Å². The van der Waals surface area contributed by atoms with Gasteiger partial charge in [0.25, 0.3) is 5.91 Å². The number of pyridine rings is 1. The number of nitrogen functional groups attached to an aromatic ring is 1. The van der Waals surface area contributed by atoms with E-state index in [1.54, 1.807) is 13.2 Å². The highest BCUT2D eigenvalue weighted by atomic mass is 35.5. The fraction of sp³-hybridized carbons (Fsp3) is 0.143. The number of halogens is 1. The Hall–Kier alpha value is -2.15. The number of hydrogen-bond acceptors (Lipinski definition) is 5. The third-order valence-electron chi connectivity index (χ3n) is 2.74. The summed E-state index contributed by atoms with van der Waals surface area (Å²) in [6.45, 7) is 0.480. The Morgan fingerprint density at radius 2 is 2.24 bits per heavy atom. The van der Waals surface area contributed by atoms with Gasteiger partial charge in [0.2, 0.25) is 0 Å². The molecule has 1 amide bonds. The van der Waals surface area contributed by atoms with E-state index in [2.05, 4.69) is 15.7 Å². The molecule has 0 aliphatic heterocycles. The highest BCUT2D eigenvalue weighted by molar-refractivity contribution is 6.33. The van der Waals surface area contributed by atoms with Crippen molar-refractivity contribution in [2.24, 2.45) is 5.84 Å². The number of hydrazine groups is 1. The average Bonchev–Trinajstić information content (AvgIpc) is 2.48. The maximum absolute atomic E-state index is 12.1. The SMILES string of the molecule is COCc1cccc(NC(=O)c2cnc(NN)c(Cl)c2)c1. The molecule has 0 aliphatic rings. The smallest absolute Gasteiger partial charge is 0.257 e. The lowest BCUT2D eigenvalue weighted by Crippen LogP contribution is -2.14. The minimum absolute atomic E-state index is 0.276. The van der Waals surface area contributed by atoms with Gasteiger partial charge in [-0.25, -0.2) is 10.8 Å². The van der Waals surface area contributed by atoms with Gasteiger partial charge in [0, 0.05) is 19.0 Å². The molecule has 0 saturated heterocycles. The zero-order valence-corrected chi connectivity index (χ0v) is 12.1. The Kier molecular flexibility index (Phi) is 5.10. The van der Waals surface area contributed by atoms with Crippen LogP contribution in [0.1, 0.15) is 15.9 Å². The van der Waals surface area contributed by atoms with Crippen LogP contribution in [0.2, 0.25) is 5.02 Å².